The van der Waals surface area contributed by atoms with Crippen LogP contribution < -0.4 is 31.7 Å². The smallest absolute Gasteiger partial charge is 0.266 e. The van der Waals surface area contributed by atoms with Gasteiger partial charge in [-0.25, -0.2) is 9.13 Å². The van der Waals surface area contributed by atoms with Crippen LogP contribution in [0.15, 0.2) is 116 Å². The lowest BCUT2D eigenvalue weighted by atomic mass is 10.1. The molecule has 5 aromatic carbocycles. The van der Waals surface area contributed by atoms with E-state index >= 15 is 0 Å². The summed E-state index contributed by atoms with van der Waals surface area (Å²) in [6, 6.07) is 27.5. The molecule has 7 aromatic rings. The highest BCUT2D eigenvalue weighted by molar-refractivity contribution is 5.98. The lowest BCUT2D eigenvalue weighted by Gasteiger charge is -2.09. The van der Waals surface area contributed by atoms with Gasteiger partial charge in [0.15, 0.2) is 0 Å². The summed E-state index contributed by atoms with van der Waals surface area (Å²) in [7, 11) is 0. The maximum absolute atomic E-state index is 13.5. The first-order valence-corrected chi connectivity index (χ1v) is 14.7. The Bertz CT molecular complexity index is 2280. The van der Waals surface area contributed by atoms with E-state index in [2.05, 4.69) is 0 Å². The van der Waals surface area contributed by atoms with Crippen LogP contribution in [0.25, 0.3) is 32.9 Å². The Morgan fingerprint density at radius 2 is 0.674 bits per heavy atom. The van der Waals surface area contributed by atoms with Gasteiger partial charge >= 0.3 is 0 Å². The normalized spacial score (nSPS) is 11.4. The number of hydrogen-bond acceptors (Lipinski definition) is 6. The number of aromatic nitrogens is 2. The number of fused-ring (bicyclic) bond motifs is 2. The largest absolute Gasteiger partial charge is 0.457 e. The predicted octanol–water partition coefficient (Wildman–Crippen LogP) is 6.71. The molecule has 46 heavy (non-hydrogen) atoms. The van der Waals surface area contributed by atoms with Crippen LogP contribution >= 0.6 is 0 Å². The van der Waals surface area contributed by atoms with Crippen LogP contribution in [0.5, 0.6) is 23.0 Å². The van der Waals surface area contributed by atoms with Crippen molar-refractivity contribution in [1.29, 1.82) is 0 Å². The second kappa shape index (κ2) is 10.9. The fraction of sp³-hybridized carbons (Fsp3) is 0.105. The zero-order valence-electron chi connectivity index (χ0n) is 25.6. The highest BCUT2D eigenvalue weighted by Crippen LogP contribution is 2.26. The molecule has 226 valence electrons. The monoisotopic (exact) mass is 608 g/mol. The maximum atomic E-state index is 13.5. The van der Waals surface area contributed by atoms with Gasteiger partial charge in [0.1, 0.15) is 23.0 Å². The van der Waals surface area contributed by atoms with Gasteiger partial charge < -0.3 is 9.47 Å². The summed E-state index contributed by atoms with van der Waals surface area (Å²) < 4.78 is 14.0. The molecule has 0 N–H and O–H groups in total. The van der Waals surface area contributed by atoms with Crippen molar-refractivity contribution in [3.8, 4) is 34.4 Å². The third kappa shape index (κ3) is 4.80. The first kappa shape index (κ1) is 28.7. The molecule has 0 radical (unpaired) electrons. The second-order valence-electron chi connectivity index (χ2n) is 11.5. The summed E-state index contributed by atoms with van der Waals surface area (Å²) in [5.41, 5.74) is 2.92. The average molecular weight is 609 g/mol. The zero-order valence-corrected chi connectivity index (χ0v) is 25.6. The fourth-order valence-corrected chi connectivity index (χ4v) is 5.60. The Morgan fingerprint density at radius 1 is 0.370 bits per heavy atom. The second-order valence-corrected chi connectivity index (χ2v) is 11.5. The standard InChI is InChI=1S/C38H28N2O6/c1-21-5-11-29(17-23(21)3)45-27-13-7-25(8-14-27)39-35(41)31-19-33-34(20-32(31)36(39)42)38(44)40(37(33)43)26-9-15-28(16-10-26)46-30-12-6-22(2)24(4)18-30/h5-20H,1-4H3. The maximum Gasteiger partial charge on any atom is 0.266 e. The van der Waals surface area contributed by atoms with E-state index in [9.17, 15) is 19.2 Å². The van der Waals surface area contributed by atoms with Crippen molar-refractivity contribution >= 4 is 21.5 Å². The summed E-state index contributed by atoms with van der Waals surface area (Å²) in [6.45, 7) is 8.05. The van der Waals surface area contributed by atoms with Gasteiger partial charge in [0, 0.05) is 0 Å². The molecule has 8 nitrogen and oxygen atoms in total. The van der Waals surface area contributed by atoms with Crippen LogP contribution in [-0.4, -0.2) is 9.13 Å². The van der Waals surface area contributed by atoms with Gasteiger partial charge in [0.2, 0.25) is 0 Å². The van der Waals surface area contributed by atoms with Gasteiger partial charge in [-0.1, -0.05) is 12.1 Å². The van der Waals surface area contributed by atoms with Gasteiger partial charge in [-0.05, 0) is 135 Å². The van der Waals surface area contributed by atoms with E-state index in [4.69, 9.17) is 9.47 Å². The molecule has 0 unspecified atom stereocenters. The molecular weight excluding hydrogens is 580 g/mol. The highest BCUT2D eigenvalue weighted by Gasteiger charge is 2.21. The average Bonchev–Trinajstić information content (AvgIpc) is 3.44. The van der Waals surface area contributed by atoms with E-state index in [1.165, 1.54) is 12.1 Å². The summed E-state index contributed by atoms with van der Waals surface area (Å²) in [5, 5.41) is 0.275. The topological polar surface area (TPSA) is 96.6 Å². The lowest BCUT2D eigenvalue weighted by molar-refractivity contribution is 0.481. The van der Waals surface area contributed by atoms with Crippen LogP contribution in [-0.2, 0) is 0 Å². The molecule has 7 rings (SSSR count). The molecule has 0 amide bonds. The van der Waals surface area contributed by atoms with Crippen LogP contribution in [0.3, 0.4) is 0 Å². The Hall–Kier alpha value is -6.02. The van der Waals surface area contributed by atoms with Crippen LogP contribution in [0.4, 0.5) is 0 Å². The molecule has 2 heterocycles. The van der Waals surface area contributed by atoms with Crippen LogP contribution in [0.2, 0.25) is 0 Å². The molecule has 0 spiro atoms. The van der Waals surface area contributed by atoms with Gasteiger partial charge in [0.25, 0.3) is 22.2 Å². The lowest BCUT2D eigenvalue weighted by Crippen LogP contribution is -2.24. The van der Waals surface area contributed by atoms with Crippen molar-refractivity contribution in [3.63, 3.8) is 0 Å². The Morgan fingerprint density at radius 3 is 0.978 bits per heavy atom. The van der Waals surface area contributed by atoms with Crippen molar-refractivity contribution in [3.05, 3.63) is 161 Å². The van der Waals surface area contributed by atoms with Gasteiger partial charge in [-0.15, -0.1) is 0 Å². The molecule has 8 heteroatoms. The van der Waals surface area contributed by atoms with E-state index in [1.807, 2.05) is 64.1 Å². The molecule has 0 fully saturated rings. The van der Waals surface area contributed by atoms with Crippen molar-refractivity contribution < 1.29 is 9.47 Å². The molecule has 2 aromatic heterocycles. The van der Waals surface area contributed by atoms with Gasteiger partial charge in [0.05, 0.1) is 32.9 Å². The SMILES string of the molecule is Cc1ccc(Oc2ccc(-n3c(=O)c4cc5c(=O)n(-c6ccc(Oc7ccc(C)c(C)c7)cc6)c(=O)c5cc4c3=O)cc2)cc1C. The number of ether oxygens (including phenoxy) is 2. The van der Waals surface area contributed by atoms with Gasteiger partial charge in [-0.3, -0.25) is 19.2 Å². The van der Waals surface area contributed by atoms with Crippen molar-refractivity contribution in [2.75, 3.05) is 0 Å². The number of aryl methyl sites for hydroxylation is 4. The minimum Gasteiger partial charge on any atom is -0.457 e. The molecule has 0 aliphatic heterocycles. The van der Waals surface area contributed by atoms with E-state index < -0.39 is 22.2 Å². The summed E-state index contributed by atoms with van der Waals surface area (Å²) in [4.78, 5) is 53.9. The van der Waals surface area contributed by atoms with E-state index in [-0.39, 0.29) is 21.5 Å². The van der Waals surface area contributed by atoms with Crippen LogP contribution in [0.1, 0.15) is 22.3 Å². The summed E-state index contributed by atoms with van der Waals surface area (Å²) in [6.07, 6.45) is 0. The minimum absolute atomic E-state index is 0.0688. The summed E-state index contributed by atoms with van der Waals surface area (Å²) in [5.74, 6) is 2.44. The Balaban J connectivity index is 1.21. The quantitative estimate of drug-likeness (QED) is 0.208. The first-order valence-electron chi connectivity index (χ1n) is 14.7. The third-order valence-electron chi connectivity index (χ3n) is 8.51. The molecule has 0 aliphatic rings. The Labute approximate surface area is 262 Å². The van der Waals surface area contributed by atoms with Crippen molar-refractivity contribution in [2.45, 2.75) is 27.7 Å². The zero-order chi connectivity index (χ0) is 32.3. The fourth-order valence-electron chi connectivity index (χ4n) is 5.60. The number of hydrogen-bond donors (Lipinski definition) is 0. The van der Waals surface area contributed by atoms with Crippen molar-refractivity contribution in [2.24, 2.45) is 0 Å². The van der Waals surface area contributed by atoms with E-state index in [0.717, 1.165) is 31.4 Å². The van der Waals surface area contributed by atoms with Crippen LogP contribution in [0, 0.1) is 27.7 Å². The highest BCUT2D eigenvalue weighted by atomic mass is 16.5. The Kier molecular flexibility index (Phi) is 6.78. The van der Waals surface area contributed by atoms with E-state index in [1.54, 1.807) is 48.5 Å². The molecule has 0 atom stereocenters. The minimum atomic E-state index is -0.572. The third-order valence-corrected chi connectivity index (χ3v) is 8.51. The summed E-state index contributed by atoms with van der Waals surface area (Å²) >= 11 is 0. The molecule has 0 saturated carbocycles. The number of benzene rings is 5. The predicted molar refractivity (Wildman–Crippen MR) is 180 cm³/mol. The molecule has 0 saturated heterocycles. The first-order chi connectivity index (χ1) is 22.1. The number of rotatable bonds is 6. The number of nitrogens with zero attached hydrogens (tertiary/aromatic N) is 2. The van der Waals surface area contributed by atoms with Gasteiger partial charge in [-0.2, -0.15) is 0 Å². The van der Waals surface area contributed by atoms with Crippen molar-refractivity contribution in [1.82, 2.24) is 9.13 Å². The molecule has 0 bridgehead atoms. The molecular formula is C38H28N2O6. The molecule has 0 aliphatic carbocycles. The van der Waals surface area contributed by atoms with E-state index in [0.29, 0.717) is 34.4 Å².